The van der Waals surface area contributed by atoms with Crippen molar-refractivity contribution in [3.63, 3.8) is 0 Å². The summed E-state index contributed by atoms with van der Waals surface area (Å²) in [5, 5.41) is 13.1. The molecule has 0 aliphatic heterocycles. The van der Waals surface area contributed by atoms with Crippen LogP contribution in [0.15, 0.2) is 24.3 Å². The van der Waals surface area contributed by atoms with Crippen LogP contribution in [0.3, 0.4) is 0 Å². The molecule has 0 aliphatic carbocycles. The molecule has 0 radical (unpaired) electrons. The predicted octanol–water partition coefficient (Wildman–Crippen LogP) is 2.75. The molecular weight excluding hydrogens is 226 g/mol. The van der Waals surface area contributed by atoms with E-state index in [4.69, 9.17) is 4.74 Å². The van der Waals surface area contributed by atoms with E-state index in [1.807, 2.05) is 39.0 Å². The van der Waals surface area contributed by atoms with E-state index in [0.29, 0.717) is 13.2 Å². The molecule has 1 aromatic rings. The maximum Gasteiger partial charge on any atom is 0.124 e. The van der Waals surface area contributed by atoms with Crippen LogP contribution in [0.25, 0.3) is 0 Å². The van der Waals surface area contributed by atoms with Crippen LogP contribution in [0, 0.1) is 5.92 Å². The van der Waals surface area contributed by atoms with Crippen molar-refractivity contribution in [2.75, 3.05) is 13.2 Å². The lowest BCUT2D eigenvalue weighted by Gasteiger charge is -2.21. The first-order valence-electron chi connectivity index (χ1n) is 6.69. The van der Waals surface area contributed by atoms with Crippen LogP contribution in [0.5, 0.6) is 5.75 Å². The lowest BCUT2D eigenvalue weighted by atomic mass is 10.0. The number of hydrogen-bond donors (Lipinski definition) is 2. The number of para-hydroxylation sites is 1. The van der Waals surface area contributed by atoms with E-state index >= 15 is 0 Å². The number of aliphatic hydroxyl groups is 1. The van der Waals surface area contributed by atoms with E-state index < -0.39 is 0 Å². The maximum atomic E-state index is 9.80. The molecule has 0 fully saturated rings. The molecule has 3 heteroatoms. The smallest absolute Gasteiger partial charge is 0.124 e. The maximum absolute atomic E-state index is 9.80. The van der Waals surface area contributed by atoms with E-state index in [1.54, 1.807) is 0 Å². The zero-order valence-corrected chi connectivity index (χ0v) is 11.8. The van der Waals surface area contributed by atoms with Gasteiger partial charge in [0.1, 0.15) is 5.75 Å². The Morgan fingerprint density at radius 1 is 1.22 bits per heavy atom. The summed E-state index contributed by atoms with van der Waals surface area (Å²) in [6, 6.07) is 8.19. The van der Waals surface area contributed by atoms with Gasteiger partial charge < -0.3 is 15.2 Å². The van der Waals surface area contributed by atoms with Crippen molar-refractivity contribution in [2.24, 2.45) is 5.92 Å². The molecular formula is C15H25NO2. The summed E-state index contributed by atoms with van der Waals surface area (Å²) in [4.78, 5) is 0. The van der Waals surface area contributed by atoms with Crippen molar-refractivity contribution >= 4 is 0 Å². The number of rotatable bonds is 7. The summed E-state index contributed by atoms with van der Waals surface area (Å²) < 4.78 is 5.61. The van der Waals surface area contributed by atoms with Crippen LogP contribution in [-0.2, 0) is 0 Å². The standard InChI is InChI=1S/C15H25NO2/c1-5-18-15-9-7-6-8-13(15)12(4)16-10-14(17)11(2)3/h6-9,11-12,14,16-17H,5,10H2,1-4H3. The van der Waals surface area contributed by atoms with Crippen LogP contribution >= 0.6 is 0 Å². The van der Waals surface area contributed by atoms with Gasteiger partial charge in [-0.2, -0.15) is 0 Å². The van der Waals surface area contributed by atoms with E-state index in [2.05, 4.69) is 18.3 Å². The third-order valence-corrected chi connectivity index (χ3v) is 3.09. The molecule has 0 amide bonds. The molecule has 0 bridgehead atoms. The summed E-state index contributed by atoms with van der Waals surface area (Å²) >= 11 is 0. The number of benzene rings is 1. The number of aliphatic hydroxyl groups excluding tert-OH is 1. The highest BCUT2D eigenvalue weighted by Crippen LogP contribution is 2.24. The Morgan fingerprint density at radius 2 is 1.89 bits per heavy atom. The number of hydrogen-bond acceptors (Lipinski definition) is 3. The quantitative estimate of drug-likeness (QED) is 0.783. The van der Waals surface area contributed by atoms with E-state index in [9.17, 15) is 5.11 Å². The van der Waals surface area contributed by atoms with Gasteiger partial charge >= 0.3 is 0 Å². The monoisotopic (exact) mass is 251 g/mol. The molecule has 0 spiro atoms. The third kappa shape index (κ3) is 4.31. The van der Waals surface area contributed by atoms with Crippen LogP contribution in [0.4, 0.5) is 0 Å². The molecule has 1 rings (SSSR count). The molecule has 2 atom stereocenters. The minimum Gasteiger partial charge on any atom is -0.494 e. The molecule has 0 aromatic heterocycles. The van der Waals surface area contributed by atoms with Gasteiger partial charge in [0.25, 0.3) is 0 Å². The van der Waals surface area contributed by atoms with E-state index in [-0.39, 0.29) is 18.1 Å². The van der Waals surface area contributed by atoms with Gasteiger partial charge in [-0.05, 0) is 25.8 Å². The predicted molar refractivity (Wildman–Crippen MR) is 74.9 cm³/mol. The highest BCUT2D eigenvalue weighted by atomic mass is 16.5. The Kier molecular flexibility index (Phi) is 6.16. The van der Waals surface area contributed by atoms with Crippen molar-refractivity contribution in [2.45, 2.75) is 39.8 Å². The normalized spacial score (nSPS) is 14.6. The Labute approximate surface area is 110 Å². The number of nitrogens with one attached hydrogen (secondary N) is 1. The Balaban J connectivity index is 2.63. The average Bonchev–Trinajstić information content (AvgIpc) is 2.36. The van der Waals surface area contributed by atoms with Gasteiger partial charge in [-0.3, -0.25) is 0 Å². The molecule has 0 heterocycles. The van der Waals surface area contributed by atoms with Gasteiger partial charge in [0.05, 0.1) is 12.7 Å². The van der Waals surface area contributed by atoms with Gasteiger partial charge in [-0.1, -0.05) is 32.0 Å². The van der Waals surface area contributed by atoms with Crippen molar-refractivity contribution < 1.29 is 9.84 Å². The fraction of sp³-hybridized carbons (Fsp3) is 0.600. The Morgan fingerprint density at radius 3 is 2.50 bits per heavy atom. The third-order valence-electron chi connectivity index (χ3n) is 3.09. The van der Waals surface area contributed by atoms with Crippen molar-refractivity contribution in [1.29, 1.82) is 0 Å². The molecule has 0 saturated carbocycles. The molecule has 0 saturated heterocycles. The lowest BCUT2D eigenvalue weighted by molar-refractivity contribution is 0.120. The summed E-state index contributed by atoms with van der Waals surface area (Å²) in [6.45, 7) is 9.37. The second-order valence-corrected chi connectivity index (χ2v) is 4.91. The van der Waals surface area contributed by atoms with Crippen LogP contribution in [0.1, 0.15) is 39.3 Å². The first kappa shape index (κ1) is 15.0. The second kappa shape index (κ2) is 7.39. The van der Waals surface area contributed by atoms with Crippen LogP contribution in [0.2, 0.25) is 0 Å². The first-order valence-corrected chi connectivity index (χ1v) is 6.69. The summed E-state index contributed by atoms with van der Waals surface area (Å²) in [5.74, 6) is 1.19. The molecule has 2 unspecified atom stereocenters. The summed E-state index contributed by atoms with van der Waals surface area (Å²) in [6.07, 6.45) is -0.313. The lowest BCUT2D eigenvalue weighted by Crippen LogP contribution is -2.32. The Bertz CT molecular complexity index is 352. The SMILES string of the molecule is CCOc1ccccc1C(C)NCC(O)C(C)C. The van der Waals surface area contributed by atoms with Crippen LogP contribution < -0.4 is 10.1 Å². The van der Waals surface area contributed by atoms with Crippen molar-refractivity contribution in [3.8, 4) is 5.75 Å². The zero-order chi connectivity index (χ0) is 13.5. The summed E-state index contributed by atoms with van der Waals surface area (Å²) in [5.41, 5.74) is 1.13. The van der Waals surface area contributed by atoms with Crippen molar-refractivity contribution in [3.05, 3.63) is 29.8 Å². The van der Waals surface area contributed by atoms with Gasteiger partial charge in [0, 0.05) is 18.2 Å². The minimum atomic E-state index is -0.313. The Hall–Kier alpha value is -1.06. The van der Waals surface area contributed by atoms with Gasteiger partial charge in [-0.25, -0.2) is 0 Å². The highest BCUT2D eigenvalue weighted by molar-refractivity contribution is 5.35. The largest absolute Gasteiger partial charge is 0.494 e. The molecule has 1 aromatic carbocycles. The minimum absolute atomic E-state index is 0.168. The van der Waals surface area contributed by atoms with E-state index in [1.165, 1.54) is 0 Å². The second-order valence-electron chi connectivity index (χ2n) is 4.91. The molecule has 0 aliphatic rings. The van der Waals surface area contributed by atoms with Crippen molar-refractivity contribution in [1.82, 2.24) is 5.32 Å². The topological polar surface area (TPSA) is 41.5 Å². The molecule has 2 N–H and O–H groups in total. The van der Waals surface area contributed by atoms with Gasteiger partial charge in [0.15, 0.2) is 0 Å². The molecule has 102 valence electrons. The fourth-order valence-electron chi connectivity index (χ4n) is 1.77. The number of ether oxygens (including phenoxy) is 1. The molecule has 3 nitrogen and oxygen atoms in total. The average molecular weight is 251 g/mol. The highest BCUT2D eigenvalue weighted by Gasteiger charge is 2.14. The fourth-order valence-corrected chi connectivity index (χ4v) is 1.77. The summed E-state index contributed by atoms with van der Waals surface area (Å²) in [7, 11) is 0. The zero-order valence-electron chi connectivity index (χ0n) is 11.8. The van der Waals surface area contributed by atoms with Gasteiger partial charge in [0.2, 0.25) is 0 Å². The van der Waals surface area contributed by atoms with Crippen LogP contribution in [-0.4, -0.2) is 24.4 Å². The van der Waals surface area contributed by atoms with Gasteiger partial charge in [-0.15, -0.1) is 0 Å². The molecule has 18 heavy (non-hydrogen) atoms. The van der Waals surface area contributed by atoms with E-state index in [0.717, 1.165) is 11.3 Å². The first-order chi connectivity index (χ1) is 8.56.